The highest BCUT2D eigenvalue weighted by Crippen LogP contribution is 2.45. The van der Waals surface area contributed by atoms with Gasteiger partial charge in [0.2, 0.25) is 5.91 Å². The van der Waals surface area contributed by atoms with E-state index in [1.807, 2.05) is 0 Å². The van der Waals surface area contributed by atoms with Crippen molar-refractivity contribution >= 4 is 21.8 Å². The summed E-state index contributed by atoms with van der Waals surface area (Å²) >= 11 is 3.18. The lowest BCUT2D eigenvalue weighted by Crippen LogP contribution is -2.56. The number of alkyl halides is 3. The van der Waals surface area contributed by atoms with Gasteiger partial charge in [-0.05, 0) is 66.8 Å². The van der Waals surface area contributed by atoms with E-state index in [1.54, 1.807) is 0 Å². The lowest BCUT2D eigenvalue weighted by molar-refractivity contribution is -0.202. The molecular weight excluding hydrogens is 387 g/mol. The topological polar surface area (TPSA) is 45.2 Å². The largest absolute Gasteiger partial charge is 0.414 e. The number of likely N-dealkylation sites (tertiary alicyclic amines) is 1. The van der Waals surface area contributed by atoms with Gasteiger partial charge in [0.1, 0.15) is 0 Å². The zero-order valence-electron chi connectivity index (χ0n) is 13.1. The first-order valence-electron chi connectivity index (χ1n) is 8.03. The molecule has 1 N–H and O–H groups in total. The van der Waals surface area contributed by atoms with Crippen molar-refractivity contribution in [2.45, 2.75) is 37.9 Å². The molecule has 132 valence electrons. The van der Waals surface area contributed by atoms with Crippen LogP contribution in [0.2, 0.25) is 0 Å². The molecule has 8 heteroatoms. The highest BCUT2D eigenvalue weighted by atomic mass is 79.9. The van der Waals surface area contributed by atoms with Crippen LogP contribution < -0.4 is 5.32 Å². The van der Waals surface area contributed by atoms with Crippen molar-refractivity contribution < 1.29 is 18.0 Å². The minimum absolute atomic E-state index is 0.121. The van der Waals surface area contributed by atoms with Crippen LogP contribution in [0.15, 0.2) is 22.8 Å². The van der Waals surface area contributed by atoms with Crippen LogP contribution in [0.25, 0.3) is 0 Å². The van der Waals surface area contributed by atoms with Crippen molar-refractivity contribution in [3.8, 4) is 0 Å². The molecule has 1 atom stereocenters. The van der Waals surface area contributed by atoms with Crippen LogP contribution in [0, 0.1) is 5.41 Å². The monoisotopic (exact) mass is 405 g/mol. The molecule has 24 heavy (non-hydrogen) atoms. The molecule has 2 aliphatic rings. The molecule has 4 nitrogen and oxygen atoms in total. The fourth-order valence-electron chi connectivity index (χ4n) is 3.77. The lowest BCUT2D eigenvalue weighted by Gasteiger charge is -2.46. The third-order valence-corrected chi connectivity index (χ3v) is 5.45. The fraction of sp³-hybridized carbons (Fsp3) is 0.625. The number of halogens is 4. The number of pyridine rings is 1. The first kappa shape index (κ1) is 17.7. The number of amides is 1. The SMILES string of the molecule is O=C1N(C(c2ccc(Br)cn2)C(F)(F)F)CCCC12CCNCC2. The third kappa shape index (κ3) is 3.31. The quantitative estimate of drug-likeness (QED) is 0.819. The molecule has 0 aromatic carbocycles. The predicted molar refractivity (Wildman–Crippen MR) is 86.2 cm³/mol. The molecule has 0 saturated carbocycles. The molecule has 1 unspecified atom stereocenters. The zero-order valence-corrected chi connectivity index (χ0v) is 14.7. The van der Waals surface area contributed by atoms with Crippen LogP contribution in [0.4, 0.5) is 13.2 Å². The summed E-state index contributed by atoms with van der Waals surface area (Å²) in [5.41, 5.74) is -0.785. The molecule has 2 saturated heterocycles. The molecule has 0 aliphatic carbocycles. The van der Waals surface area contributed by atoms with Gasteiger partial charge in [-0.2, -0.15) is 13.2 Å². The van der Waals surface area contributed by atoms with Gasteiger partial charge in [-0.3, -0.25) is 9.78 Å². The second kappa shape index (κ2) is 6.63. The van der Waals surface area contributed by atoms with E-state index in [4.69, 9.17) is 0 Å². The van der Waals surface area contributed by atoms with Crippen LogP contribution in [0.5, 0.6) is 0 Å². The maximum atomic E-state index is 13.8. The minimum Gasteiger partial charge on any atom is -0.325 e. The van der Waals surface area contributed by atoms with Gasteiger partial charge in [0.25, 0.3) is 0 Å². The van der Waals surface area contributed by atoms with Gasteiger partial charge in [-0.1, -0.05) is 0 Å². The lowest BCUT2D eigenvalue weighted by atomic mass is 9.71. The summed E-state index contributed by atoms with van der Waals surface area (Å²) in [6.07, 6.45) is -0.761. The fourth-order valence-corrected chi connectivity index (χ4v) is 4.00. The van der Waals surface area contributed by atoms with Crippen LogP contribution in [-0.2, 0) is 4.79 Å². The number of carbonyl (C=O) groups excluding carboxylic acids is 1. The smallest absolute Gasteiger partial charge is 0.325 e. The average Bonchev–Trinajstić information content (AvgIpc) is 2.53. The standard InChI is InChI=1S/C16H19BrF3N3O/c17-11-2-3-12(22-10-11)13(16(18,19)20)23-9-1-4-15(14(23)24)5-7-21-8-6-15/h2-3,10,13,21H,1,4-9H2. The molecule has 2 aliphatic heterocycles. The zero-order chi connectivity index (χ0) is 17.4. The van der Waals surface area contributed by atoms with Crippen molar-refractivity contribution in [3.63, 3.8) is 0 Å². The number of nitrogens with zero attached hydrogens (tertiary/aromatic N) is 2. The number of rotatable bonds is 2. The Morgan fingerprint density at radius 2 is 1.96 bits per heavy atom. The number of piperidine rings is 2. The van der Waals surface area contributed by atoms with Crippen LogP contribution >= 0.6 is 15.9 Å². The van der Waals surface area contributed by atoms with E-state index < -0.39 is 17.6 Å². The number of hydrogen-bond acceptors (Lipinski definition) is 3. The summed E-state index contributed by atoms with van der Waals surface area (Å²) in [5.74, 6) is -0.373. The Balaban J connectivity index is 1.95. The maximum absolute atomic E-state index is 13.8. The summed E-state index contributed by atoms with van der Waals surface area (Å²) in [4.78, 5) is 17.9. The van der Waals surface area contributed by atoms with Gasteiger partial charge in [-0.25, -0.2) is 0 Å². The van der Waals surface area contributed by atoms with Gasteiger partial charge in [0, 0.05) is 17.2 Å². The van der Waals surface area contributed by atoms with Crippen LogP contribution in [0.1, 0.15) is 37.4 Å². The molecule has 1 aromatic rings. The molecule has 2 fully saturated rings. The Hall–Kier alpha value is -1.15. The molecule has 1 aromatic heterocycles. The molecule has 1 spiro atoms. The second-order valence-electron chi connectivity index (χ2n) is 6.48. The van der Waals surface area contributed by atoms with Gasteiger partial charge < -0.3 is 10.2 Å². The van der Waals surface area contributed by atoms with E-state index >= 15 is 0 Å². The highest BCUT2D eigenvalue weighted by Gasteiger charge is 2.53. The first-order chi connectivity index (χ1) is 11.3. The molecular formula is C16H19BrF3N3O. The second-order valence-corrected chi connectivity index (χ2v) is 7.39. The summed E-state index contributed by atoms with van der Waals surface area (Å²) < 4.78 is 41.9. The van der Waals surface area contributed by atoms with Crippen molar-refractivity contribution in [2.75, 3.05) is 19.6 Å². The maximum Gasteiger partial charge on any atom is 0.414 e. The summed E-state index contributed by atoms with van der Waals surface area (Å²) in [6, 6.07) is 0.875. The summed E-state index contributed by atoms with van der Waals surface area (Å²) in [7, 11) is 0. The van der Waals surface area contributed by atoms with Gasteiger partial charge >= 0.3 is 6.18 Å². The van der Waals surface area contributed by atoms with Crippen molar-refractivity contribution in [3.05, 3.63) is 28.5 Å². The van der Waals surface area contributed by atoms with E-state index in [0.29, 0.717) is 43.2 Å². The molecule has 0 radical (unpaired) electrons. The van der Waals surface area contributed by atoms with E-state index in [-0.39, 0.29) is 18.1 Å². The van der Waals surface area contributed by atoms with Gasteiger partial charge in [0.15, 0.2) is 6.04 Å². The van der Waals surface area contributed by atoms with Crippen LogP contribution in [-0.4, -0.2) is 41.6 Å². The number of carbonyl (C=O) groups is 1. The van der Waals surface area contributed by atoms with Gasteiger partial charge in [-0.15, -0.1) is 0 Å². The molecule has 0 bridgehead atoms. The van der Waals surface area contributed by atoms with E-state index in [2.05, 4.69) is 26.2 Å². The van der Waals surface area contributed by atoms with E-state index in [1.165, 1.54) is 18.3 Å². The Morgan fingerprint density at radius 1 is 1.25 bits per heavy atom. The van der Waals surface area contributed by atoms with Crippen LogP contribution in [0.3, 0.4) is 0 Å². The first-order valence-corrected chi connectivity index (χ1v) is 8.83. The Kier molecular flexibility index (Phi) is 4.88. The molecule has 3 rings (SSSR count). The molecule has 3 heterocycles. The number of nitrogens with one attached hydrogen (secondary N) is 1. The van der Waals surface area contributed by atoms with Crippen molar-refractivity contribution in [2.24, 2.45) is 5.41 Å². The number of hydrogen-bond donors (Lipinski definition) is 1. The molecule has 1 amide bonds. The normalized spacial score (nSPS) is 22.7. The average molecular weight is 406 g/mol. The number of aromatic nitrogens is 1. The van der Waals surface area contributed by atoms with Gasteiger partial charge in [0.05, 0.1) is 11.1 Å². The highest BCUT2D eigenvalue weighted by molar-refractivity contribution is 9.10. The predicted octanol–water partition coefficient (Wildman–Crippen LogP) is 3.44. The summed E-state index contributed by atoms with van der Waals surface area (Å²) in [6.45, 7) is 1.47. The minimum atomic E-state index is -4.55. The van der Waals surface area contributed by atoms with E-state index in [9.17, 15) is 18.0 Å². The van der Waals surface area contributed by atoms with Crippen molar-refractivity contribution in [1.29, 1.82) is 0 Å². The Labute approximate surface area is 146 Å². The van der Waals surface area contributed by atoms with Crippen molar-refractivity contribution in [1.82, 2.24) is 15.2 Å². The Morgan fingerprint density at radius 3 is 2.54 bits per heavy atom. The van der Waals surface area contributed by atoms with E-state index in [0.717, 1.165) is 4.90 Å². The Bertz CT molecular complexity index is 594. The summed E-state index contributed by atoms with van der Waals surface area (Å²) in [5, 5.41) is 3.18. The third-order valence-electron chi connectivity index (χ3n) is 4.98.